The molecule has 0 unspecified atom stereocenters. The van der Waals surface area contributed by atoms with Gasteiger partial charge in [-0.25, -0.2) is 4.79 Å². The first kappa shape index (κ1) is 17.3. The van der Waals surface area contributed by atoms with Crippen molar-refractivity contribution >= 4 is 11.9 Å². The summed E-state index contributed by atoms with van der Waals surface area (Å²) in [5.74, 6) is -0.269. The number of likely N-dealkylation sites (N-methyl/N-ethyl adjacent to an activating group) is 1. The number of likely N-dealkylation sites (tertiary alicyclic amines) is 1. The first-order valence-electron chi connectivity index (χ1n) is 9.26. The number of amides is 3. The van der Waals surface area contributed by atoms with Crippen LogP contribution in [0.25, 0.3) is 0 Å². The van der Waals surface area contributed by atoms with Crippen molar-refractivity contribution in [2.75, 3.05) is 19.6 Å². The van der Waals surface area contributed by atoms with E-state index in [1.54, 1.807) is 12.1 Å². The second-order valence-electron chi connectivity index (χ2n) is 7.68. The zero-order valence-electron chi connectivity index (χ0n) is 14.9. The van der Waals surface area contributed by atoms with Crippen molar-refractivity contribution in [2.24, 2.45) is 0 Å². The van der Waals surface area contributed by atoms with Crippen LogP contribution in [0, 0.1) is 0 Å². The van der Waals surface area contributed by atoms with Crippen molar-refractivity contribution < 1.29 is 19.8 Å². The van der Waals surface area contributed by atoms with Gasteiger partial charge in [0.15, 0.2) is 0 Å². The Morgan fingerprint density at radius 1 is 1.31 bits per heavy atom. The normalized spacial score (nSPS) is 34.5. The number of nitrogens with one attached hydrogen (secondary N) is 2. The van der Waals surface area contributed by atoms with Gasteiger partial charge in [-0.1, -0.05) is 13.0 Å². The Hall–Kier alpha value is -2.12. The molecular formula is C19H25N3O4. The Morgan fingerprint density at radius 3 is 2.88 bits per heavy atom. The minimum atomic E-state index is -1.16. The lowest BCUT2D eigenvalue weighted by Gasteiger charge is -2.61. The molecule has 1 aromatic carbocycles. The Labute approximate surface area is 152 Å². The van der Waals surface area contributed by atoms with Gasteiger partial charge in [0.05, 0.1) is 5.60 Å². The summed E-state index contributed by atoms with van der Waals surface area (Å²) in [4.78, 5) is 26.7. The third kappa shape index (κ3) is 2.34. The number of rotatable bonds is 1. The molecule has 0 radical (unpaired) electrons. The van der Waals surface area contributed by atoms with E-state index in [1.807, 2.05) is 6.07 Å². The standard InChI is InChI=1S/C19H25N3O4/c1-2-22-8-6-18-11-16(24)21-17(25)20-7-5-19(18,26)15(22)9-12-3-4-13(23)10-14(12)18/h3-4,10,15,23,26H,2,5-9,11H2,1H3,(H2,20,21,24,25)/t15-,18-,19-/m1/s1. The summed E-state index contributed by atoms with van der Waals surface area (Å²) < 4.78 is 0. The summed E-state index contributed by atoms with van der Waals surface area (Å²) in [6, 6.07) is 4.60. The van der Waals surface area contributed by atoms with Crippen molar-refractivity contribution in [3.8, 4) is 5.75 Å². The highest BCUT2D eigenvalue weighted by Gasteiger charge is 2.63. The Morgan fingerprint density at radius 2 is 2.12 bits per heavy atom. The molecule has 2 bridgehead atoms. The molecule has 1 aromatic rings. The van der Waals surface area contributed by atoms with E-state index in [-0.39, 0.29) is 18.2 Å². The van der Waals surface area contributed by atoms with E-state index in [9.17, 15) is 19.8 Å². The molecule has 7 heteroatoms. The number of carbonyl (C=O) groups excluding carboxylic acids is 2. The molecule has 0 aromatic heterocycles. The maximum absolute atomic E-state index is 12.6. The SMILES string of the molecule is CCN1CC[C@]23CC(=O)NC(=O)NCC[C@@]2(O)[C@H]1Cc1ccc(O)cc13. The number of hydrogen-bond donors (Lipinski definition) is 4. The maximum Gasteiger partial charge on any atom is 0.321 e. The van der Waals surface area contributed by atoms with Crippen molar-refractivity contribution in [3.63, 3.8) is 0 Å². The fraction of sp³-hybridized carbons (Fsp3) is 0.579. The topological polar surface area (TPSA) is 102 Å². The van der Waals surface area contributed by atoms with Gasteiger partial charge in [0.1, 0.15) is 5.75 Å². The van der Waals surface area contributed by atoms with Crippen molar-refractivity contribution in [2.45, 2.75) is 49.7 Å². The van der Waals surface area contributed by atoms with Gasteiger partial charge in [-0.15, -0.1) is 0 Å². The number of urea groups is 1. The van der Waals surface area contributed by atoms with Crippen LogP contribution in [0.5, 0.6) is 5.75 Å². The predicted octanol–water partition coefficient (Wildman–Crippen LogP) is 0.631. The number of phenols is 1. The summed E-state index contributed by atoms with van der Waals surface area (Å²) in [5, 5.41) is 27.1. The number of aliphatic hydroxyl groups is 1. The van der Waals surface area contributed by atoms with Crippen LogP contribution in [0.2, 0.25) is 0 Å². The second kappa shape index (κ2) is 5.96. The van der Waals surface area contributed by atoms with Crippen LogP contribution in [-0.2, 0) is 16.6 Å². The molecule has 3 atom stereocenters. The highest BCUT2D eigenvalue weighted by atomic mass is 16.3. The minimum Gasteiger partial charge on any atom is -0.508 e. The van der Waals surface area contributed by atoms with Gasteiger partial charge in [-0.3, -0.25) is 15.0 Å². The predicted molar refractivity (Wildman–Crippen MR) is 94.9 cm³/mol. The molecule has 4 N–H and O–H groups in total. The largest absolute Gasteiger partial charge is 0.508 e. The van der Waals surface area contributed by atoms with Gasteiger partial charge in [0.25, 0.3) is 0 Å². The van der Waals surface area contributed by atoms with Gasteiger partial charge < -0.3 is 15.5 Å². The van der Waals surface area contributed by atoms with Crippen LogP contribution in [0.4, 0.5) is 4.79 Å². The zero-order chi connectivity index (χ0) is 18.5. The van der Waals surface area contributed by atoms with Crippen molar-refractivity contribution in [1.82, 2.24) is 15.5 Å². The lowest BCUT2D eigenvalue weighted by Crippen LogP contribution is -2.72. The van der Waals surface area contributed by atoms with Crippen LogP contribution in [-0.4, -0.2) is 58.3 Å². The molecule has 2 fully saturated rings. The highest BCUT2D eigenvalue weighted by molar-refractivity contribution is 5.95. The molecule has 1 aliphatic carbocycles. The summed E-state index contributed by atoms with van der Waals surface area (Å²) in [7, 11) is 0. The number of nitrogens with zero attached hydrogens (tertiary/aromatic N) is 1. The first-order valence-corrected chi connectivity index (χ1v) is 9.26. The lowest BCUT2D eigenvalue weighted by atomic mass is 9.52. The van der Waals surface area contributed by atoms with Crippen molar-refractivity contribution in [1.29, 1.82) is 0 Å². The van der Waals surface area contributed by atoms with Crippen LogP contribution in [0.15, 0.2) is 18.2 Å². The number of piperidine rings is 1. The molecule has 2 saturated heterocycles. The third-order valence-corrected chi connectivity index (χ3v) is 6.58. The van der Waals surface area contributed by atoms with Crippen molar-refractivity contribution in [3.05, 3.63) is 29.3 Å². The van der Waals surface area contributed by atoms with Crippen LogP contribution >= 0.6 is 0 Å². The van der Waals surface area contributed by atoms with E-state index in [0.29, 0.717) is 25.8 Å². The summed E-state index contributed by atoms with van der Waals surface area (Å²) in [6.45, 7) is 3.95. The van der Waals surface area contributed by atoms with Gasteiger partial charge in [-0.05, 0) is 55.6 Å². The number of aromatic hydroxyl groups is 1. The van der Waals surface area contributed by atoms with Crippen LogP contribution in [0.3, 0.4) is 0 Å². The Bertz CT molecular complexity index is 767. The minimum absolute atomic E-state index is 0.0292. The number of hydrogen-bond acceptors (Lipinski definition) is 5. The molecule has 2 heterocycles. The fourth-order valence-corrected chi connectivity index (χ4v) is 5.37. The number of benzene rings is 1. The molecule has 4 rings (SSSR count). The Kier molecular flexibility index (Phi) is 3.96. The van der Waals surface area contributed by atoms with E-state index in [0.717, 1.165) is 24.2 Å². The molecular weight excluding hydrogens is 334 g/mol. The average Bonchev–Trinajstić information content (AvgIpc) is 2.62. The maximum atomic E-state index is 12.6. The number of carbonyl (C=O) groups is 2. The van der Waals surface area contributed by atoms with E-state index in [2.05, 4.69) is 22.5 Å². The number of fused-ring (bicyclic) bond motifs is 1. The summed E-state index contributed by atoms with van der Waals surface area (Å²) in [6.07, 6.45) is 1.66. The van der Waals surface area contributed by atoms with E-state index in [1.165, 1.54) is 0 Å². The quantitative estimate of drug-likeness (QED) is 0.589. The highest BCUT2D eigenvalue weighted by Crippen LogP contribution is 2.55. The molecule has 0 spiro atoms. The molecule has 140 valence electrons. The Balaban J connectivity index is 1.93. The van der Waals surface area contributed by atoms with E-state index in [4.69, 9.17) is 0 Å². The number of phenolic OH excluding ortho intramolecular Hbond substituents is 1. The van der Waals surface area contributed by atoms with E-state index < -0.39 is 23.0 Å². The molecule has 3 amide bonds. The van der Waals surface area contributed by atoms with Gasteiger partial charge in [0, 0.05) is 24.4 Å². The lowest BCUT2D eigenvalue weighted by molar-refractivity contribution is -0.157. The van der Waals surface area contributed by atoms with Crippen LogP contribution in [0.1, 0.15) is 37.3 Å². The molecule has 0 saturated carbocycles. The molecule has 2 aliphatic heterocycles. The fourth-order valence-electron chi connectivity index (χ4n) is 5.37. The summed E-state index contributed by atoms with van der Waals surface area (Å²) >= 11 is 0. The van der Waals surface area contributed by atoms with Crippen LogP contribution < -0.4 is 10.6 Å². The molecule has 3 aliphatic rings. The number of imide groups is 1. The van der Waals surface area contributed by atoms with Gasteiger partial charge in [-0.2, -0.15) is 0 Å². The molecule has 7 nitrogen and oxygen atoms in total. The third-order valence-electron chi connectivity index (χ3n) is 6.58. The monoisotopic (exact) mass is 359 g/mol. The molecule has 26 heavy (non-hydrogen) atoms. The van der Waals surface area contributed by atoms with Gasteiger partial charge in [0.2, 0.25) is 5.91 Å². The smallest absolute Gasteiger partial charge is 0.321 e. The zero-order valence-corrected chi connectivity index (χ0v) is 14.9. The van der Waals surface area contributed by atoms with Gasteiger partial charge >= 0.3 is 6.03 Å². The second-order valence-corrected chi connectivity index (χ2v) is 7.68. The average molecular weight is 359 g/mol. The summed E-state index contributed by atoms with van der Waals surface area (Å²) in [5.41, 5.74) is -0.0678. The van der Waals surface area contributed by atoms with E-state index >= 15 is 0 Å². The first-order chi connectivity index (χ1) is 12.4.